The minimum absolute atomic E-state index is 0.0855. The molecule has 1 aromatic carbocycles. The number of aromatic amines is 1. The number of pyridine rings is 1. The summed E-state index contributed by atoms with van der Waals surface area (Å²) in [6.07, 6.45) is 3.11. The molecule has 0 radical (unpaired) electrons. The molecule has 1 heterocycles. The van der Waals surface area contributed by atoms with Gasteiger partial charge in [-0.05, 0) is 55.9 Å². The number of H-pyrrole nitrogens is 1. The van der Waals surface area contributed by atoms with Gasteiger partial charge in [-0.3, -0.25) is 4.79 Å². The highest BCUT2D eigenvalue weighted by atomic mass is 16.2. The highest BCUT2D eigenvalue weighted by molar-refractivity contribution is 5.74. The number of aromatic nitrogens is 1. The molecule has 1 atom stereocenters. The minimum atomic E-state index is -0.152. The van der Waals surface area contributed by atoms with Gasteiger partial charge in [-0.15, -0.1) is 0 Å². The largest absolute Gasteiger partial charge is 0.334 e. The first kappa shape index (κ1) is 17.3. The van der Waals surface area contributed by atoms with Crippen LogP contribution >= 0.6 is 0 Å². The van der Waals surface area contributed by atoms with Gasteiger partial charge in [0.1, 0.15) is 0 Å². The van der Waals surface area contributed by atoms with Crippen molar-refractivity contribution in [1.82, 2.24) is 15.2 Å². The summed E-state index contributed by atoms with van der Waals surface area (Å²) in [7, 11) is 1.83. The highest BCUT2D eigenvalue weighted by Gasteiger charge is 2.26. The second-order valence-electron chi connectivity index (χ2n) is 6.82. The molecule has 25 heavy (non-hydrogen) atoms. The predicted molar refractivity (Wildman–Crippen MR) is 98.7 cm³/mol. The van der Waals surface area contributed by atoms with Gasteiger partial charge in [-0.25, -0.2) is 4.79 Å². The van der Waals surface area contributed by atoms with Crippen LogP contribution in [0.5, 0.6) is 0 Å². The van der Waals surface area contributed by atoms with E-state index >= 15 is 0 Å². The summed E-state index contributed by atoms with van der Waals surface area (Å²) in [6, 6.07) is 10.2. The lowest BCUT2D eigenvalue weighted by molar-refractivity contribution is 0.183. The van der Waals surface area contributed by atoms with Gasteiger partial charge in [-0.1, -0.05) is 24.3 Å². The van der Waals surface area contributed by atoms with E-state index in [1.54, 1.807) is 4.90 Å². The Morgan fingerprint density at radius 2 is 2.08 bits per heavy atom. The molecule has 0 fully saturated rings. The summed E-state index contributed by atoms with van der Waals surface area (Å²) in [5.41, 5.74) is 4.75. The lowest BCUT2D eigenvalue weighted by Crippen LogP contribution is -2.41. The maximum Gasteiger partial charge on any atom is 0.317 e. The highest BCUT2D eigenvalue weighted by Crippen LogP contribution is 2.33. The molecule has 5 heteroatoms. The van der Waals surface area contributed by atoms with Gasteiger partial charge < -0.3 is 15.2 Å². The lowest BCUT2D eigenvalue weighted by atomic mass is 9.87. The second kappa shape index (κ2) is 7.13. The van der Waals surface area contributed by atoms with Crippen LogP contribution in [0.15, 0.2) is 35.1 Å². The number of benzene rings is 1. The third kappa shape index (κ3) is 3.60. The van der Waals surface area contributed by atoms with Crippen LogP contribution in [-0.2, 0) is 13.0 Å². The van der Waals surface area contributed by atoms with Crippen LogP contribution in [-0.4, -0.2) is 23.0 Å². The van der Waals surface area contributed by atoms with Gasteiger partial charge in [0.2, 0.25) is 0 Å². The average molecular weight is 339 g/mol. The first-order chi connectivity index (χ1) is 12.0. The normalized spacial score (nSPS) is 16.2. The Morgan fingerprint density at radius 1 is 1.32 bits per heavy atom. The zero-order valence-electron chi connectivity index (χ0n) is 15.1. The topological polar surface area (TPSA) is 65.2 Å². The van der Waals surface area contributed by atoms with E-state index in [0.717, 1.165) is 30.5 Å². The van der Waals surface area contributed by atoms with Gasteiger partial charge in [0.25, 0.3) is 5.56 Å². The second-order valence-corrected chi connectivity index (χ2v) is 6.82. The molecule has 132 valence electrons. The monoisotopic (exact) mass is 339 g/mol. The third-order valence-electron chi connectivity index (χ3n) is 5.04. The molecule has 3 rings (SSSR count). The Bertz CT molecular complexity index is 841. The molecule has 0 bridgehead atoms. The van der Waals surface area contributed by atoms with Gasteiger partial charge in [0, 0.05) is 18.3 Å². The first-order valence-electron chi connectivity index (χ1n) is 8.75. The van der Waals surface area contributed by atoms with E-state index in [1.165, 1.54) is 11.1 Å². The van der Waals surface area contributed by atoms with E-state index in [0.29, 0.717) is 5.56 Å². The van der Waals surface area contributed by atoms with Gasteiger partial charge in [0.05, 0.1) is 12.6 Å². The minimum Gasteiger partial charge on any atom is -0.334 e. The summed E-state index contributed by atoms with van der Waals surface area (Å²) < 4.78 is 0. The lowest BCUT2D eigenvalue weighted by Gasteiger charge is -2.33. The summed E-state index contributed by atoms with van der Waals surface area (Å²) >= 11 is 0. The maximum absolute atomic E-state index is 12.6. The van der Waals surface area contributed by atoms with Crippen LogP contribution in [0.3, 0.4) is 0 Å². The Hall–Kier alpha value is -2.56. The molecule has 1 aliphatic carbocycles. The maximum atomic E-state index is 12.6. The number of aryl methyl sites for hydroxylation is 3. The van der Waals surface area contributed by atoms with Crippen molar-refractivity contribution in [3.63, 3.8) is 0 Å². The number of rotatable bonds is 3. The molecule has 1 aliphatic rings. The number of amides is 2. The zero-order chi connectivity index (χ0) is 18.0. The summed E-state index contributed by atoms with van der Waals surface area (Å²) in [6.45, 7) is 3.98. The van der Waals surface area contributed by atoms with Crippen LogP contribution in [0.1, 0.15) is 46.8 Å². The van der Waals surface area contributed by atoms with E-state index < -0.39 is 0 Å². The Kier molecular flexibility index (Phi) is 4.93. The van der Waals surface area contributed by atoms with Gasteiger partial charge in [-0.2, -0.15) is 0 Å². The fourth-order valence-corrected chi connectivity index (χ4v) is 3.66. The van der Waals surface area contributed by atoms with Crippen LogP contribution < -0.4 is 10.9 Å². The number of carbonyl (C=O) groups is 1. The fourth-order valence-electron chi connectivity index (χ4n) is 3.66. The molecule has 0 aliphatic heterocycles. The molecule has 0 saturated heterocycles. The predicted octanol–water partition coefficient (Wildman–Crippen LogP) is 3.21. The molecule has 0 saturated carbocycles. The van der Waals surface area contributed by atoms with Gasteiger partial charge in [0.15, 0.2) is 0 Å². The van der Waals surface area contributed by atoms with Crippen molar-refractivity contribution >= 4 is 6.03 Å². The van der Waals surface area contributed by atoms with Crippen LogP contribution in [0.2, 0.25) is 0 Å². The molecule has 0 unspecified atom stereocenters. The number of nitrogens with zero attached hydrogens (tertiary/aromatic N) is 1. The quantitative estimate of drug-likeness (QED) is 0.902. The van der Waals surface area contributed by atoms with E-state index in [4.69, 9.17) is 0 Å². The molecule has 2 aromatic rings. The molecule has 2 N–H and O–H groups in total. The van der Waals surface area contributed by atoms with Crippen molar-refractivity contribution in [1.29, 1.82) is 0 Å². The van der Waals surface area contributed by atoms with E-state index in [9.17, 15) is 9.59 Å². The van der Waals surface area contributed by atoms with E-state index in [1.807, 2.05) is 39.1 Å². The number of carbonyl (C=O) groups excluding carboxylic acids is 1. The van der Waals surface area contributed by atoms with Crippen molar-refractivity contribution < 1.29 is 4.79 Å². The number of nitrogens with one attached hydrogen (secondary N) is 2. The van der Waals surface area contributed by atoms with Crippen molar-refractivity contribution in [3.05, 3.63) is 68.6 Å². The van der Waals surface area contributed by atoms with Crippen LogP contribution in [0, 0.1) is 13.8 Å². The Morgan fingerprint density at radius 3 is 2.84 bits per heavy atom. The van der Waals surface area contributed by atoms with Crippen LogP contribution in [0.4, 0.5) is 4.79 Å². The molecule has 5 nitrogen and oxygen atoms in total. The number of urea groups is 1. The standard InChI is InChI=1S/C20H25N3O2/c1-13-11-14(2)22-19(24)17(13)12-21-20(25)23(3)18-10-6-8-15-7-4-5-9-16(15)18/h4-5,7,9,11,18H,6,8,10,12H2,1-3H3,(H,21,25)(H,22,24)/t18-/m1/s1. The molecular formula is C20H25N3O2. The Labute approximate surface area is 148 Å². The number of fused-ring (bicyclic) bond motifs is 1. The number of hydrogen-bond donors (Lipinski definition) is 2. The zero-order valence-corrected chi connectivity index (χ0v) is 15.1. The number of hydrogen-bond acceptors (Lipinski definition) is 2. The van der Waals surface area contributed by atoms with E-state index in [2.05, 4.69) is 22.4 Å². The van der Waals surface area contributed by atoms with Crippen molar-refractivity contribution in [2.75, 3.05) is 7.05 Å². The summed E-state index contributed by atoms with van der Waals surface area (Å²) in [5.74, 6) is 0. The molecule has 0 spiro atoms. The fraction of sp³-hybridized carbons (Fsp3) is 0.400. The molecule has 1 aromatic heterocycles. The van der Waals surface area contributed by atoms with Crippen molar-refractivity contribution in [2.45, 2.75) is 45.7 Å². The van der Waals surface area contributed by atoms with E-state index in [-0.39, 0.29) is 24.2 Å². The summed E-state index contributed by atoms with van der Waals surface area (Å²) in [4.78, 5) is 29.3. The third-order valence-corrected chi connectivity index (χ3v) is 5.04. The smallest absolute Gasteiger partial charge is 0.317 e. The van der Waals surface area contributed by atoms with Crippen molar-refractivity contribution in [3.8, 4) is 0 Å². The first-order valence-corrected chi connectivity index (χ1v) is 8.75. The molecule has 2 amide bonds. The summed E-state index contributed by atoms with van der Waals surface area (Å²) in [5, 5.41) is 2.89. The van der Waals surface area contributed by atoms with Crippen molar-refractivity contribution in [2.24, 2.45) is 0 Å². The Balaban J connectivity index is 1.71. The molecular weight excluding hydrogens is 314 g/mol. The average Bonchev–Trinajstić information content (AvgIpc) is 2.59. The SMILES string of the molecule is Cc1cc(C)c(CNC(=O)N(C)[C@@H]2CCCc3ccccc32)c(=O)[nH]1. The van der Waals surface area contributed by atoms with Crippen LogP contribution in [0.25, 0.3) is 0 Å². The van der Waals surface area contributed by atoms with Gasteiger partial charge >= 0.3 is 6.03 Å².